The molecule has 5 aliphatic rings. The lowest BCUT2D eigenvalue weighted by Crippen LogP contribution is -2.51. The van der Waals surface area contributed by atoms with Crippen molar-refractivity contribution < 1.29 is 33.7 Å². The summed E-state index contributed by atoms with van der Waals surface area (Å²) in [4.78, 5) is 41.5. The number of hydrogen-bond donors (Lipinski definition) is 3. The second kappa shape index (κ2) is 19.4. The number of fused-ring (bicyclic) bond motifs is 2. The van der Waals surface area contributed by atoms with Gasteiger partial charge in [0.1, 0.15) is 12.3 Å². The summed E-state index contributed by atoms with van der Waals surface area (Å²) in [5, 5.41) is 16.0. The van der Waals surface area contributed by atoms with E-state index in [0.717, 1.165) is 49.4 Å². The predicted octanol–water partition coefficient (Wildman–Crippen LogP) is 6.49. The molecule has 8 rings (SSSR count). The number of aromatic nitrogens is 1. The number of benzene rings is 2. The second-order valence-corrected chi connectivity index (χ2v) is 16.1. The van der Waals surface area contributed by atoms with Crippen LogP contribution in [0.1, 0.15) is 95.8 Å². The minimum absolute atomic E-state index is 0.00587. The summed E-state index contributed by atoms with van der Waals surface area (Å²) in [6.45, 7) is 13.9. The average molecular weight is 806 g/mol. The predicted molar refractivity (Wildman–Crippen MR) is 231 cm³/mol. The van der Waals surface area contributed by atoms with Crippen LogP contribution in [-0.2, 0) is 32.5 Å². The van der Waals surface area contributed by atoms with Crippen molar-refractivity contribution in [2.75, 3.05) is 51.0 Å². The topological polar surface area (TPSA) is 135 Å². The molecule has 12 heteroatoms. The molecule has 4 aliphatic heterocycles. The van der Waals surface area contributed by atoms with E-state index in [9.17, 15) is 14.4 Å². The first-order chi connectivity index (χ1) is 28.7. The molecule has 5 heterocycles. The van der Waals surface area contributed by atoms with Crippen molar-refractivity contribution in [2.24, 2.45) is 13.0 Å². The highest BCUT2D eigenvalue weighted by molar-refractivity contribution is 6.23. The molecule has 3 amide bonds. The summed E-state index contributed by atoms with van der Waals surface area (Å²) in [7, 11) is 2.16. The van der Waals surface area contributed by atoms with Gasteiger partial charge in [-0.3, -0.25) is 19.3 Å². The first kappa shape index (κ1) is 42.1. The van der Waals surface area contributed by atoms with Gasteiger partial charge in [0.15, 0.2) is 0 Å². The largest absolute Gasteiger partial charge is 0.394 e. The Balaban J connectivity index is 0.000000184. The number of dihydropyridines is 1. The van der Waals surface area contributed by atoms with E-state index in [1.54, 1.807) is 12.1 Å². The SMILES string of the molecule is C=C1CCC(N2C(=O)c3ccc(N4CC(CCCOCCOCCO)C4)cc3C2=O)C(=O)N1.C=Cc1c(CCC)n(C)c2cc(C3=CNC(OC4CCC4)C=C3)ccc12. The Labute approximate surface area is 347 Å². The molecular weight excluding hydrogens is 747 g/mol. The number of nitrogens with zero attached hydrogens (tertiary/aromatic N) is 3. The van der Waals surface area contributed by atoms with E-state index in [1.807, 2.05) is 12.1 Å². The van der Waals surface area contributed by atoms with Crippen LogP contribution in [0, 0.1) is 5.92 Å². The molecule has 2 saturated heterocycles. The fourth-order valence-corrected chi connectivity index (χ4v) is 8.47. The molecule has 2 atom stereocenters. The van der Waals surface area contributed by atoms with Gasteiger partial charge in [-0.1, -0.05) is 50.8 Å². The van der Waals surface area contributed by atoms with E-state index in [1.165, 1.54) is 52.6 Å². The van der Waals surface area contributed by atoms with Crippen molar-refractivity contribution in [1.82, 2.24) is 20.1 Å². The molecule has 59 heavy (non-hydrogen) atoms. The van der Waals surface area contributed by atoms with Gasteiger partial charge in [0.05, 0.1) is 43.7 Å². The molecule has 1 aliphatic carbocycles. The van der Waals surface area contributed by atoms with Crippen molar-refractivity contribution in [1.29, 1.82) is 0 Å². The number of nitrogens with one attached hydrogen (secondary N) is 2. The van der Waals surface area contributed by atoms with E-state index in [4.69, 9.17) is 19.3 Å². The van der Waals surface area contributed by atoms with Gasteiger partial charge in [-0.15, -0.1) is 0 Å². The Bertz CT molecular complexity index is 2110. The van der Waals surface area contributed by atoms with Crippen molar-refractivity contribution in [2.45, 2.75) is 83.1 Å². The highest BCUT2D eigenvalue weighted by Gasteiger charge is 2.44. The van der Waals surface area contributed by atoms with Crippen LogP contribution in [0.25, 0.3) is 22.6 Å². The Kier molecular flexibility index (Phi) is 13.8. The third-order valence-electron chi connectivity index (χ3n) is 12.0. The lowest BCUT2D eigenvalue weighted by atomic mass is 9.93. The molecule has 0 radical (unpaired) electrons. The maximum Gasteiger partial charge on any atom is 0.262 e. The number of carbonyl (C=O) groups is 3. The van der Waals surface area contributed by atoms with Gasteiger partial charge in [-0.25, -0.2) is 0 Å². The molecule has 1 saturated carbocycles. The smallest absolute Gasteiger partial charge is 0.262 e. The molecule has 3 N–H and O–H groups in total. The van der Waals surface area contributed by atoms with Crippen molar-refractivity contribution in [3.8, 4) is 0 Å². The van der Waals surface area contributed by atoms with Gasteiger partial charge in [-0.05, 0) is 98.8 Å². The van der Waals surface area contributed by atoms with E-state index >= 15 is 0 Å². The Morgan fingerprint density at radius 2 is 1.75 bits per heavy atom. The zero-order chi connectivity index (χ0) is 41.5. The molecule has 314 valence electrons. The highest BCUT2D eigenvalue weighted by Crippen LogP contribution is 2.35. The number of hydrogen-bond acceptors (Lipinski definition) is 9. The summed E-state index contributed by atoms with van der Waals surface area (Å²) < 4.78 is 19.0. The fraction of sp³-hybridized carbons (Fsp3) is 0.468. The molecule has 12 nitrogen and oxygen atoms in total. The van der Waals surface area contributed by atoms with Crippen LogP contribution < -0.4 is 15.5 Å². The third-order valence-corrected chi connectivity index (χ3v) is 12.0. The molecule has 2 unspecified atom stereocenters. The lowest BCUT2D eigenvalue weighted by molar-refractivity contribution is -0.125. The summed E-state index contributed by atoms with van der Waals surface area (Å²) in [6.07, 6.45) is 17.7. The van der Waals surface area contributed by atoms with E-state index < -0.39 is 17.9 Å². The summed E-state index contributed by atoms with van der Waals surface area (Å²) in [6, 6.07) is 11.3. The Hall–Kier alpha value is -5.01. The third kappa shape index (κ3) is 9.41. The molecule has 1 aromatic heterocycles. The Morgan fingerprint density at radius 1 is 0.966 bits per heavy atom. The standard InChI is InChI=1S/C24H31N3O6.C23H28N2O/c1-16-4-7-21(22(29)25-16)27-23(30)19-6-5-18(13-20(19)24(27)31)26-14-17(15-26)3-2-9-32-11-12-33-10-8-28;1-4-7-21-19(5-2)20-12-10-16(14-22(20)25(21)3)17-11-13-23(24-15-17)26-18-8-6-9-18/h5-6,13,17,21,28H,1-4,7-12,14-15H2,(H,25,29);5,10-15,18,23-24H,2,4,6-9H2,1,3H3. The number of aliphatic hydroxyl groups excluding tert-OH is 1. The van der Waals surface area contributed by atoms with E-state index in [-0.39, 0.29) is 18.7 Å². The quantitative estimate of drug-likeness (QED) is 0.104. The molecule has 2 aromatic carbocycles. The van der Waals surface area contributed by atoms with E-state index in [2.05, 4.69) is 83.8 Å². The number of carbonyl (C=O) groups excluding carboxylic acids is 3. The zero-order valence-electron chi connectivity index (χ0n) is 34.5. The number of imide groups is 1. The van der Waals surface area contributed by atoms with Gasteiger partial charge in [0.2, 0.25) is 5.91 Å². The van der Waals surface area contributed by atoms with Gasteiger partial charge >= 0.3 is 0 Å². The maximum atomic E-state index is 13.0. The molecule has 0 spiro atoms. The van der Waals surface area contributed by atoms with Gasteiger partial charge in [0, 0.05) is 66.5 Å². The van der Waals surface area contributed by atoms with Crippen molar-refractivity contribution in [3.05, 3.63) is 102 Å². The number of aliphatic hydroxyl groups is 1. The number of ether oxygens (including phenoxy) is 3. The summed E-state index contributed by atoms with van der Waals surface area (Å²) in [5.74, 6) is -0.590. The van der Waals surface area contributed by atoms with Crippen LogP contribution in [-0.4, -0.2) is 96.8 Å². The average Bonchev–Trinajstić information content (AvgIpc) is 3.62. The molecule has 3 aromatic rings. The Morgan fingerprint density at radius 3 is 2.42 bits per heavy atom. The summed E-state index contributed by atoms with van der Waals surface area (Å²) >= 11 is 0. The highest BCUT2D eigenvalue weighted by atomic mass is 16.5. The van der Waals surface area contributed by atoms with Crippen LogP contribution in [0.5, 0.6) is 0 Å². The van der Waals surface area contributed by atoms with Gasteiger partial charge in [0.25, 0.3) is 11.8 Å². The monoisotopic (exact) mass is 805 g/mol. The lowest BCUT2D eigenvalue weighted by Gasteiger charge is -2.41. The van der Waals surface area contributed by atoms with Crippen LogP contribution in [0.2, 0.25) is 0 Å². The van der Waals surface area contributed by atoms with E-state index in [0.29, 0.717) is 68.1 Å². The number of anilines is 1. The first-order valence-corrected chi connectivity index (χ1v) is 21.3. The van der Waals surface area contributed by atoms with Crippen molar-refractivity contribution in [3.63, 3.8) is 0 Å². The normalized spacial score (nSPS) is 20.4. The number of amides is 3. The zero-order valence-corrected chi connectivity index (χ0v) is 34.5. The number of piperidine rings is 1. The van der Waals surface area contributed by atoms with Crippen molar-refractivity contribution >= 4 is 46.0 Å². The number of allylic oxidation sites excluding steroid dienone is 3. The molecule has 0 bridgehead atoms. The van der Waals surface area contributed by atoms with Crippen LogP contribution >= 0.6 is 0 Å². The minimum Gasteiger partial charge on any atom is -0.394 e. The first-order valence-electron chi connectivity index (χ1n) is 21.3. The minimum atomic E-state index is -0.789. The van der Waals surface area contributed by atoms with Crippen LogP contribution in [0.15, 0.2) is 73.6 Å². The molecular formula is C47H59N5O7. The van der Waals surface area contributed by atoms with Gasteiger partial charge < -0.3 is 39.4 Å². The number of aryl methyl sites for hydroxylation is 1. The van der Waals surface area contributed by atoms with Crippen LogP contribution in [0.4, 0.5) is 5.69 Å². The molecule has 3 fully saturated rings. The van der Waals surface area contributed by atoms with Crippen LogP contribution in [0.3, 0.4) is 0 Å². The second-order valence-electron chi connectivity index (χ2n) is 16.1. The number of rotatable bonds is 17. The van der Waals surface area contributed by atoms with Gasteiger partial charge in [-0.2, -0.15) is 0 Å². The maximum absolute atomic E-state index is 13.0. The summed E-state index contributed by atoms with van der Waals surface area (Å²) in [5.41, 5.74) is 8.59. The fourth-order valence-electron chi connectivity index (χ4n) is 8.47.